The number of piperidine rings is 2. The molecule has 3 aliphatic heterocycles. The molecule has 0 unspecified atom stereocenters. The number of aliphatic hydroxyl groups is 2. The van der Waals surface area contributed by atoms with E-state index >= 15 is 0 Å². The summed E-state index contributed by atoms with van der Waals surface area (Å²) < 4.78 is 7.32. The molecule has 6 rings (SSSR count). The number of likely N-dealkylation sites (tertiary alicyclic amines) is 2. The molecule has 0 bridgehead atoms. The van der Waals surface area contributed by atoms with E-state index in [0.29, 0.717) is 48.2 Å². The Balaban J connectivity index is 1.29. The van der Waals surface area contributed by atoms with E-state index < -0.39 is 23.7 Å². The van der Waals surface area contributed by atoms with Gasteiger partial charge in [-0.05, 0) is 61.9 Å². The Hall–Kier alpha value is -3.80. The van der Waals surface area contributed by atoms with E-state index in [2.05, 4.69) is 0 Å². The second kappa shape index (κ2) is 11.9. The summed E-state index contributed by atoms with van der Waals surface area (Å²) in [5.74, 6) is -1.07. The van der Waals surface area contributed by atoms with E-state index in [9.17, 15) is 29.7 Å². The van der Waals surface area contributed by atoms with Crippen molar-refractivity contribution in [2.24, 2.45) is 0 Å². The summed E-state index contributed by atoms with van der Waals surface area (Å²) in [5, 5.41) is 31.6. The summed E-state index contributed by atoms with van der Waals surface area (Å²) in [7, 11) is 0. The van der Waals surface area contributed by atoms with Crippen molar-refractivity contribution in [2.45, 2.75) is 83.6 Å². The maximum Gasteiger partial charge on any atom is 0.415 e. The first-order valence-electron chi connectivity index (χ1n) is 15.8. The molecule has 3 aliphatic rings. The minimum atomic E-state index is -2.33. The number of aliphatic carboxylic acids is 1. The first-order chi connectivity index (χ1) is 21.2. The SMILES string of the molecule is CCc1c2c(nc3ccc(OC(=O)N4CCC([NH+]5CCCCC5)CC4)cc13)-c1cc([C@@](O)(CC)C(=O)O)c(CO)c(=O)n1C2. The van der Waals surface area contributed by atoms with Gasteiger partial charge < -0.3 is 34.4 Å². The number of aliphatic hydroxyl groups excluding tert-OH is 1. The Morgan fingerprint density at radius 2 is 1.82 bits per heavy atom. The van der Waals surface area contributed by atoms with E-state index in [4.69, 9.17) is 9.72 Å². The maximum atomic E-state index is 13.5. The number of hydrogen-bond donors (Lipinski definition) is 4. The molecule has 1 aromatic carbocycles. The zero-order chi connectivity index (χ0) is 31.2. The molecule has 0 saturated carbocycles. The molecular formula is C33H41N4O7+. The number of carbonyl (C=O) groups excluding carboxylic acids is 1. The van der Waals surface area contributed by atoms with Crippen LogP contribution in [0.25, 0.3) is 22.3 Å². The second-order valence-corrected chi connectivity index (χ2v) is 12.3. The van der Waals surface area contributed by atoms with Crippen LogP contribution in [0.15, 0.2) is 29.1 Å². The molecule has 4 N–H and O–H groups in total. The van der Waals surface area contributed by atoms with Gasteiger partial charge in [0.05, 0.1) is 49.2 Å². The number of amides is 1. The van der Waals surface area contributed by atoms with Crippen molar-refractivity contribution in [3.05, 3.63) is 56.9 Å². The van der Waals surface area contributed by atoms with Gasteiger partial charge in [0.25, 0.3) is 5.56 Å². The predicted molar refractivity (Wildman–Crippen MR) is 163 cm³/mol. The molecule has 11 heteroatoms. The molecule has 2 saturated heterocycles. The average Bonchev–Trinajstić information content (AvgIpc) is 3.42. The lowest BCUT2D eigenvalue weighted by atomic mass is 9.87. The topological polar surface area (TPSA) is 147 Å². The molecule has 44 heavy (non-hydrogen) atoms. The van der Waals surface area contributed by atoms with Crippen LogP contribution in [0.4, 0.5) is 4.79 Å². The first kappa shape index (κ1) is 30.2. The number of nitrogens with zero attached hydrogens (tertiary/aromatic N) is 3. The van der Waals surface area contributed by atoms with Gasteiger partial charge in [-0.2, -0.15) is 0 Å². The molecule has 234 valence electrons. The highest BCUT2D eigenvalue weighted by Gasteiger charge is 2.41. The summed E-state index contributed by atoms with van der Waals surface area (Å²) in [6, 6.07) is 7.40. The highest BCUT2D eigenvalue weighted by molar-refractivity contribution is 5.90. The van der Waals surface area contributed by atoms with Crippen molar-refractivity contribution in [2.75, 3.05) is 26.2 Å². The maximum absolute atomic E-state index is 13.5. The van der Waals surface area contributed by atoms with Crippen LogP contribution in [0.2, 0.25) is 0 Å². The zero-order valence-electron chi connectivity index (χ0n) is 25.4. The number of aryl methyl sites for hydroxylation is 1. The number of nitrogens with one attached hydrogen (secondary N) is 1. The number of ether oxygens (including phenoxy) is 1. The van der Waals surface area contributed by atoms with Crippen LogP contribution in [0.3, 0.4) is 0 Å². The lowest BCUT2D eigenvalue weighted by Gasteiger charge is -2.37. The van der Waals surface area contributed by atoms with Gasteiger partial charge in [-0.25, -0.2) is 14.6 Å². The van der Waals surface area contributed by atoms with Crippen molar-refractivity contribution < 1.29 is 34.5 Å². The van der Waals surface area contributed by atoms with Gasteiger partial charge in [0.15, 0.2) is 5.60 Å². The summed E-state index contributed by atoms with van der Waals surface area (Å²) in [5.41, 5.74) is 0.154. The van der Waals surface area contributed by atoms with Crippen molar-refractivity contribution in [1.29, 1.82) is 0 Å². The Morgan fingerprint density at radius 1 is 1.09 bits per heavy atom. The fourth-order valence-corrected chi connectivity index (χ4v) is 7.43. The van der Waals surface area contributed by atoms with Gasteiger partial charge in [0.1, 0.15) is 5.75 Å². The van der Waals surface area contributed by atoms with Gasteiger partial charge in [0, 0.05) is 48.0 Å². The highest BCUT2D eigenvalue weighted by atomic mass is 16.6. The van der Waals surface area contributed by atoms with Crippen LogP contribution in [-0.4, -0.2) is 74.1 Å². The van der Waals surface area contributed by atoms with E-state index in [1.54, 1.807) is 21.9 Å². The quantitative estimate of drug-likeness (QED) is 0.251. The number of fused-ring (bicyclic) bond motifs is 4. The minimum Gasteiger partial charge on any atom is -0.479 e. The Morgan fingerprint density at radius 3 is 2.45 bits per heavy atom. The lowest BCUT2D eigenvalue weighted by Crippen LogP contribution is -3.16. The van der Waals surface area contributed by atoms with E-state index in [-0.39, 0.29) is 30.2 Å². The van der Waals surface area contributed by atoms with Crippen LogP contribution >= 0.6 is 0 Å². The number of rotatable bonds is 7. The van der Waals surface area contributed by atoms with Crippen LogP contribution in [-0.2, 0) is 30.0 Å². The third-order valence-electron chi connectivity index (χ3n) is 9.99. The Bertz CT molecular complexity index is 1670. The first-order valence-corrected chi connectivity index (χ1v) is 15.8. The zero-order valence-corrected chi connectivity index (χ0v) is 25.4. The largest absolute Gasteiger partial charge is 0.479 e. The van der Waals surface area contributed by atoms with Crippen molar-refractivity contribution in [3.8, 4) is 17.1 Å². The summed E-state index contributed by atoms with van der Waals surface area (Å²) in [4.78, 5) is 47.0. The summed E-state index contributed by atoms with van der Waals surface area (Å²) >= 11 is 0. The predicted octanol–water partition coefficient (Wildman–Crippen LogP) is 2.19. The molecule has 2 fully saturated rings. The number of aromatic nitrogens is 2. The van der Waals surface area contributed by atoms with Crippen LogP contribution in [0.1, 0.15) is 74.6 Å². The molecule has 0 spiro atoms. The number of quaternary nitrogens is 1. The number of pyridine rings is 2. The van der Waals surface area contributed by atoms with Crippen LogP contribution in [0.5, 0.6) is 5.75 Å². The standard InChI is InChI=1S/C33H40N4O7/c1-3-22-23-16-21(44-32(42)36-14-10-20(11-15-36)35-12-6-5-7-13-35)8-9-27(23)34-29-24(22)18-37-28(29)17-26(25(19-38)30(37)39)33(43,4-2)31(40)41/h8-9,16-17,20,38,43H,3-7,10-15,18-19H2,1-2H3,(H,40,41)/p+1/t33-/m0/s1. The third kappa shape index (κ3) is 5.06. The normalized spacial score (nSPS) is 18.6. The van der Waals surface area contributed by atoms with Gasteiger partial charge >= 0.3 is 12.1 Å². The highest BCUT2D eigenvalue weighted by Crippen LogP contribution is 2.39. The van der Waals surface area contributed by atoms with Crippen LogP contribution < -0.4 is 15.2 Å². The van der Waals surface area contributed by atoms with E-state index in [1.807, 2.05) is 13.0 Å². The molecule has 3 aromatic rings. The Labute approximate surface area is 255 Å². The number of hydrogen-bond acceptors (Lipinski definition) is 7. The lowest BCUT2D eigenvalue weighted by molar-refractivity contribution is -0.931. The van der Waals surface area contributed by atoms with Crippen molar-refractivity contribution >= 4 is 23.0 Å². The van der Waals surface area contributed by atoms with Gasteiger partial charge in [0.2, 0.25) is 0 Å². The number of carbonyl (C=O) groups is 2. The second-order valence-electron chi connectivity index (χ2n) is 12.3. The number of carboxylic acids is 1. The molecule has 11 nitrogen and oxygen atoms in total. The number of carboxylic acid groups (broad SMARTS) is 1. The molecule has 5 heterocycles. The smallest absolute Gasteiger partial charge is 0.415 e. The molecule has 0 radical (unpaired) electrons. The molecule has 0 aliphatic carbocycles. The van der Waals surface area contributed by atoms with Gasteiger partial charge in [-0.1, -0.05) is 13.8 Å². The molecular weight excluding hydrogens is 564 g/mol. The third-order valence-corrected chi connectivity index (χ3v) is 9.99. The Kier molecular flexibility index (Phi) is 8.21. The van der Waals surface area contributed by atoms with Gasteiger partial charge in [-0.3, -0.25) is 4.79 Å². The summed E-state index contributed by atoms with van der Waals surface area (Å²) in [6.45, 7) is 6.84. The summed E-state index contributed by atoms with van der Waals surface area (Å²) in [6.07, 6.45) is 5.95. The molecule has 1 atom stereocenters. The fourth-order valence-electron chi connectivity index (χ4n) is 7.43. The van der Waals surface area contributed by atoms with E-state index in [0.717, 1.165) is 29.4 Å². The molecule has 2 aromatic heterocycles. The van der Waals surface area contributed by atoms with Crippen molar-refractivity contribution in [3.63, 3.8) is 0 Å². The average molecular weight is 606 g/mol. The van der Waals surface area contributed by atoms with Crippen molar-refractivity contribution in [1.82, 2.24) is 14.5 Å². The van der Waals surface area contributed by atoms with Crippen LogP contribution in [0, 0.1) is 0 Å². The fraction of sp³-hybridized carbons (Fsp3) is 0.515. The van der Waals surface area contributed by atoms with E-state index in [1.165, 1.54) is 49.9 Å². The molecule has 1 amide bonds. The van der Waals surface area contributed by atoms with Gasteiger partial charge in [-0.15, -0.1) is 0 Å². The number of benzene rings is 1. The minimum absolute atomic E-state index is 0.123. The monoisotopic (exact) mass is 605 g/mol.